The van der Waals surface area contributed by atoms with Gasteiger partial charge in [-0.2, -0.15) is 4.99 Å². The van der Waals surface area contributed by atoms with E-state index in [-0.39, 0.29) is 0 Å². The second-order valence-corrected chi connectivity index (χ2v) is 3.79. The number of fused-ring (bicyclic) bond motifs is 1. The standard InChI is InChI=1S/C10H5BrN2S/c11-7-1-2-9-8(5-7)10(13-6-14)3-4-12-9/h1-5H. The van der Waals surface area contributed by atoms with Crippen LogP contribution >= 0.6 is 28.1 Å². The highest BCUT2D eigenvalue weighted by molar-refractivity contribution is 9.10. The number of pyridine rings is 1. The third kappa shape index (κ3) is 1.73. The van der Waals surface area contributed by atoms with Gasteiger partial charge >= 0.3 is 0 Å². The Balaban J connectivity index is 2.83. The molecule has 0 aliphatic carbocycles. The summed E-state index contributed by atoms with van der Waals surface area (Å²) in [6.45, 7) is 0. The van der Waals surface area contributed by atoms with Crippen molar-refractivity contribution in [3.8, 4) is 0 Å². The Morgan fingerprint density at radius 3 is 3.00 bits per heavy atom. The summed E-state index contributed by atoms with van der Waals surface area (Å²) >= 11 is 7.98. The number of nitrogens with zero attached hydrogens (tertiary/aromatic N) is 2. The number of halogens is 1. The smallest absolute Gasteiger partial charge is 0.0849 e. The summed E-state index contributed by atoms with van der Waals surface area (Å²) in [4.78, 5) is 8.20. The summed E-state index contributed by atoms with van der Waals surface area (Å²) in [5, 5.41) is 3.33. The molecule has 0 saturated heterocycles. The van der Waals surface area contributed by atoms with Crippen molar-refractivity contribution in [2.24, 2.45) is 4.99 Å². The summed E-state index contributed by atoms with van der Waals surface area (Å²) in [5.74, 6) is 0. The van der Waals surface area contributed by atoms with Crippen molar-refractivity contribution in [3.63, 3.8) is 0 Å². The molecular weight excluding hydrogens is 260 g/mol. The maximum atomic E-state index is 4.58. The molecule has 0 unspecified atom stereocenters. The molecule has 0 bridgehead atoms. The SMILES string of the molecule is S=C=Nc1ccnc2ccc(Br)cc12. The van der Waals surface area contributed by atoms with Crippen LogP contribution in [0.1, 0.15) is 0 Å². The predicted octanol–water partition coefficient (Wildman–Crippen LogP) is 3.73. The molecule has 4 heteroatoms. The Hall–Kier alpha value is -1.09. The van der Waals surface area contributed by atoms with Crippen LogP contribution in [0.2, 0.25) is 0 Å². The lowest BCUT2D eigenvalue weighted by Gasteiger charge is -1.99. The average Bonchev–Trinajstić information content (AvgIpc) is 2.19. The Morgan fingerprint density at radius 1 is 1.36 bits per heavy atom. The van der Waals surface area contributed by atoms with E-state index in [1.54, 1.807) is 6.20 Å². The minimum absolute atomic E-state index is 0.798. The molecule has 2 aromatic rings. The van der Waals surface area contributed by atoms with E-state index in [4.69, 9.17) is 0 Å². The van der Waals surface area contributed by atoms with E-state index >= 15 is 0 Å². The van der Waals surface area contributed by atoms with Crippen LogP contribution in [-0.2, 0) is 0 Å². The van der Waals surface area contributed by atoms with E-state index in [1.165, 1.54) is 0 Å². The van der Waals surface area contributed by atoms with Gasteiger partial charge in [0.15, 0.2) is 0 Å². The second kappa shape index (κ2) is 3.96. The number of isothiocyanates is 1. The molecule has 0 fully saturated rings. The first-order valence-corrected chi connectivity index (χ1v) is 5.13. The quantitative estimate of drug-likeness (QED) is 0.579. The van der Waals surface area contributed by atoms with Crippen molar-refractivity contribution in [3.05, 3.63) is 34.9 Å². The van der Waals surface area contributed by atoms with Crippen molar-refractivity contribution in [2.45, 2.75) is 0 Å². The van der Waals surface area contributed by atoms with Crippen LogP contribution in [0.25, 0.3) is 10.9 Å². The number of thiocarbonyl (C=S) groups is 1. The molecule has 0 spiro atoms. The van der Waals surface area contributed by atoms with Crippen LogP contribution in [0.3, 0.4) is 0 Å². The van der Waals surface area contributed by atoms with Gasteiger partial charge in [-0.1, -0.05) is 15.9 Å². The number of hydrogen-bond acceptors (Lipinski definition) is 3. The van der Waals surface area contributed by atoms with Crippen LogP contribution < -0.4 is 0 Å². The summed E-state index contributed by atoms with van der Waals surface area (Å²) in [6.07, 6.45) is 1.71. The van der Waals surface area contributed by atoms with E-state index in [2.05, 4.69) is 43.3 Å². The lowest BCUT2D eigenvalue weighted by molar-refractivity contribution is 1.39. The molecule has 2 rings (SSSR count). The summed E-state index contributed by atoms with van der Waals surface area (Å²) in [6, 6.07) is 7.66. The fourth-order valence-electron chi connectivity index (χ4n) is 1.25. The summed E-state index contributed by atoms with van der Waals surface area (Å²) in [7, 11) is 0. The molecule has 0 saturated carbocycles. The molecule has 0 aliphatic heterocycles. The first-order chi connectivity index (χ1) is 6.81. The van der Waals surface area contributed by atoms with Crippen LogP contribution in [0.15, 0.2) is 39.9 Å². The van der Waals surface area contributed by atoms with Gasteiger partial charge in [0.05, 0.1) is 16.4 Å². The molecular formula is C10H5BrN2S. The Bertz CT molecular complexity index is 533. The van der Waals surface area contributed by atoms with Crippen molar-refractivity contribution in [1.29, 1.82) is 0 Å². The van der Waals surface area contributed by atoms with Gasteiger partial charge in [0.2, 0.25) is 0 Å². The second-order valence-electron chi connectivity index (χ2n) is 2.69. The molecule has 0 amide bonds. The molecule has 1 aromatic carbocycles. The number of benzene rings is 1. The van der Waals surface area contributed by atoms with Gasteiger partial charge in [0.1, 0.15) is 0 Å². The van der Waals surface area contributed by atoms with Gasteiger partial charge in [-0.15, -0.1) is 0 Å². The number of rotatable bonds is 1. The molecule has 68 valence electrons. The van der Waals surface area contributed by atoms with Crippen molar-refractivity contribution in [2.75, 3.05) is 0 Å². The number of aliphatic imine (C=N–C) groups is 1. The summed E-state index contributed by atoms with van der Waals surface area (Å²) in [5.41, 5.74) is 1.70. The average molecular weight is 265 g/mol. The monoisotopic (exact) mass is 264 g/mol. The maximum absolute atomic E-state index is 4.58. The van der Waals surface area contributed by atoms with Crippen LogP contribution in [-0.4, -0.2) is 10.1 Å². The highest BCUT2D eigenvalue weighted by Gasteiger charge is 2.00. The molecule has 0 radical (unpaired) electrons. The number of aromatic nitrogens is 1. The van der Waals surface area contributed by atoms with Gasteiger partial charge in [0, 0.05) is 16.1 Å². The van der Waals surface area contributed by atoms with Gasteiger partial charge in [-0.25, -0.2) is 0 Å². The summed E-state index contributed by atoms with van der Waals surface area (Å²) < 4.78 is 0.999. The van der Waals surface area contributed by atoms with Crippen molar-refractivity contribution >= 4 is 49.9 Å². The maximum Gasteiger partial charge on any atom is 0.0849 e. The minimum Gasteiger partial charge on any atom is -0.256 e. The molecule has 1 aromatic heterocycles. The Labute approximate surface area is 94.8 Å². The first kappa shape index (κ1) is 9.46. The largest absolute Gasteiger partial charge is 0.256 e. The lowest BCUT2D eigenvalue weighted by Crippen LogP contribution is -1.78. The van der Waals surface area contributed by atoms with Crippen LogP contribution in [0.4, 0.5) is 5.69 Å². The Kier molecular flexibility index (Phi) is 2.68. The van der Waals surface area contributed by atoms with E-state index in [1.807, 2.05) is 24.3 Å². The van der Waals surface area contributed by atoms with E-state index in [0.717, 1.165) is 21.1 Å². The number of hydrogen-bond donors (Lipinski definition) is 0. The highest BCUT2D eigenvalue weighted by atomic mass is 79.9. The first-order valence-electron chi connectivity index (χ1n) is 3.93. The van der Waals surface area contributed by atoms with E-state index < -0.39 is 0 Å². The van der Waals surface area contributed by atoms with E-state index in [9.17, 15) is 0 Å². The Morgan fingerprint density at radius 2 is 2.21 bits per heavy atom. The fourth-order valence-corrected chi connectivity index (χ4v) is 1.71. The van der Waals surface area contributed by atoms with E-state index in [0.29, 0.717) is 0 Å². The zero-order chi connectivity index (χ0) is 9.97. The molecule has 0 aliphatic rings. The minimum atomic E-state index is 0.798. The lowest BCUT2D eigenvalue weighted by atomic mass is 10.2. The molecule has 14 heavy (non-hydrogen) atoms. The third-order valence-electron chi connectivity index (χ3n) is 1.85. The molecule has 1 heterocycles. The zero-order valence-electron chi connectivity index (χ0n) is 7.07. The third-order valence-corrected chi connectivity index (χ3v) is 2.43. The van der Waals surface area contributed by atoms with Crippen LogP contribution in [0.5, 0.6) is 0 Å². The van der Waals surface area contributed by atoms with Gasteiger partial charge < -0.3 is 0 Å². The molecule has 0 atom stereocenters. The van der Waals surface area contributed by atoms with Crippen molar-refractivity contribution in [1.82, 2.24) is 4.98 Å². The normalized spacial score (nSPS) is 9.79. The molecule has 0 N–H and O–H groups in total. The van der Waals surface area contributed by atoms with Crippen molar-refractivity contribution < 1.29 is 0 Å². The van der Waals surface area contributed by atoms with Gasteiger partial charge in [-0.3, -0.25) is 4.98 Å². The topological polar surface area (TPSA) is 25.2 Å². The molecule has 2 nitrogen and oxygen atoms in total. The highest BCUT2D eigenvalue weighted by Crippen LogP contribution is 2.26. The zero-order valence-corrected chi connectivity index (χ0v) is 9.47. The fraction of sp³-hybridized carbons (Fsp3) is 0. The van der Waals surface area contributed by atoms with Crippen LogP contribution in [0, 0.1) is 0 Å². The van der Waals surface area contributed by atoms with Gasteiger partial charge in [-0.05, 0) is 36.5 Å². The van der Waals surface area contributed by atoms with Gasteiger partial charge in [0.25, 0.3) is 0 Å². The predicted molar refractivity (Wildman–Crippen MR) is 64.1 cm³/mol.